The van der Waals surface area contributed by atoms with Crippen LogP contribution in [0, 0.1) is 0 Å². The molecule has 6 nitrogen and oxygen atoms in total. The first kappa shape index (κ1) is 26.7. The third-order valence-electron chi connectivity index (χ3n) is 5.42. The summed E-state index contributed by atoms with van der Waals surface area (Å²) >= 11 is 3.54. The molecule has 0 saturated heterocycles. The van der Waals surface area contributed by atoms with Gasteiger partial charge in [0.05, 0.1) is 11.6 Å². The smallest absolute Gasteiger partial charge is 0.261 e. The molecule has 0 aliphatic carbocycles. The molecule has 0 bridgehead atoms. The zero-order chi connectivity index (χ0) is 24.4. The minimum absolute atomic E-state index is 0.149. The minimum Gasteiger partial charge on any atom is -0.497 e. The molecule has 0 heterocycles. The second kappa shape index (κ2) is 13.2. The highest BCUT2D eigenvalue weighted by Crippen LogP contribution is 2.29. The Kier molecular flexibility index (Phi) is 10.7. The number of nitrogens with one attached hydrogen (secondary N) is 1. The van der Waals surface area contributed by atoms with Gasteiger partial charge in [-0.15, -0.1) is 0 Å². The summed E-state index contributed by atoms with van der Waals surface area (Å²) in [6.45, 7) is 8.87. The zero-order valence-electron chi connectivity index (χ0n) is 20.2. The van der Waals surface area contributed by atoms with Gasteiger partial charge in [0.25, 0.3) is 5.91 Å². The van der Waals surface area contributed by atoms with E-state index in [0.29, 0.717) is 31.2 Å². The van der Waals surface area contributed by atoms with E-state index in [1.54, 1.807) is 12.0 Å². The van der Waals surface area contributed by atoms with Gasteiger partial charge < -0.3 is 19.7 Å². The number of rotatable bonds is 12. The normalized spacial score (nSPS) is 11.7. The van der Waals surface area contributed by atoms with Crippen molar-refractivity contribution >= 4 is 27.7 Å². The van der Waals surface area contributed by atoms with Crippen molar-refractivity contribution in [3.63, 3.8) is 0 Å². The van der Waals surface area contributed by atoms with Crippen LogP contribution in [0.2, 0.25) is 0 Å². The van der Waals surface area contributed by atoms with Crippen molar-refractivity contribution in [2.45, 2.75) is 59.0 Å². The molecule has 0 aromatic heterocycles. The maximum atomic E-state index is 13.3. The van der Waals surface area contributed by atoms with Gasteiger partial charge in [-0.05, 0) is 70.1 Å². The molecule has 0 spiro atoms. The summed E-state index contributed by atoms with van der Waals surface area (Å²) in [7, 11) is 1.61. The molecule has 180 valence electrons. The van der Waals surface area contributed by atoms with E-state index in [0.717, 1.165) is 22.2 Å². The lowest BCUT2D eigenvalue weighted by atomic mass is 10.0. The van der Waals surface area contributed by atoms with Crippen LogP contribution in [0.5, 0.6) is 11.5 Å². The predicted molar refractivity (Wildman–Crippen MR) is 135 cm³/mol. The predicted octanol–water partition coefficient (Wildman–Crippen LogP) is 5.29. The Balaban J connectivity index is 2.21. The van der Waals surface area contributed by atoms with E-state index < -0.39 is 6.04 Å². The molecule has 0 radical (unpaired) electrons. The Morgan fingerprint density at radius 2 is 1.79 bits per heavy atom. The summed E-state index contributed by atoms with van der Waals surface area (Å²) in [4.78, 5) is 27.7. The maximum absolute atomic E-state index is 13.3. The number of ether oxygens (including phenoxy) is 2. The summed E-state index contributed by atoms with van der Waals surface area (Å²) in [5, 5.41) is 2.92. The molecule has 0 unspecified atom stereocenters. The Labute approximate surface area is 205 Å². The van der Waals surface area contributed by atoms with Crippen LogP contribution in [0.1, 0.15) is 57.6 Å². The molecule has 1 atom stereocenters. The number of hydrogen-bond acceptors (Lipinski definition) is 4. The lowest BCUT2D eigenvalue weighted by molar-refractivity contribution is -0.143. The van der Waals surface area contributed by atoms with Crippen LogP contribution in [0.25, 0.3) is 0 Å². The topological polar surface area (TPSA) is 67.9 Å². The molecular weight excluding hydrogens is 484 g/mol. The van der Waals surface area contributed by atoms with Crippen LogP contribution in [0.3, 0.4) is 0 Å². The van der Waals surface area contributed by atoms with Crippen LogP contribution in [-0.2, 0) is 16.1 Å². The number of hydrogen-bond donors (Lipinski definition) is 1. The van der Waals surface area contributed by atoms with Crippen LogP contribution in [-0.4, -0.2) is 43.0 Å². The van der Waals surface area contributed by atoms with Crippen molar-refractivity contribution in [1.82, 2.24) is 10.2 Å². The standard InChI is InChI=1S/C26H35BrN2O4/c1-6-14-28-26(31)23(7-2)29(16-19-8-11-21(32-5)12-9-19)25(30)17-33-24-13-10-20(18(3)4)15-22(24)27/h8-13,15,18,23H,6-7,14,16-17H2,1-5H3,(H,28,31)/t23-/m0/s1. The van der Waals surface area contributed by atoms with Gasteiger partial charge in [0.1, 0.15) is 17.5 Å². The zero-order valence-corrected chi connectivity index (χ0v) is 21.8. The Bertz CT molecular complexity index is 915. The quantitative estimate of drug-likeness (QED) is 0.414. The molecule has 7 heteroatoms. The van der Waals surface area contributed by atoms with Gasteiger partial charge in [-0.25, -0.2) is 0 Å². The first-order valence-corrected chi connectivity index (χ1v) is 12.2. The summed E-state index contributed by atoms with van der Waals surface area (Å²) in [5.74, 6) is 1.33. The summed E-state index contributed by atoms with van der Waals surface area (Å²) in [6.07, 6.45) is 1.34. The van der Waals surface area contributed by atoms with Crippen molar-refractivity contribution in [3.8, 4) is 11.5 Å². The highest BCUT2D eigenvalue weighted by molar-refractivity contribution is 9.10. The molecular formula is C26H35BrN2O4. The molecule has 33 heavy (non-hydrogen) atoms. The number of amides is 2. The van der Waals surface area contributed by atoms with Crippen molar-refractivity contribution in [1.29, 1.82) is 0 Å². The SMILES string of the molecule is CCCNC(=O)[C@H](CC)N(Cc1ccc(OC)cc1)C(=O)COc1ccc(C(C)C)cc1Br. The molecule has 0 aliphatic rings. The van der Waals surface area contributed by atoms with Gasteiger partial charge >= 0.3 is 0 Å². The molecule has 2 amide bonds. The lowest BCUT2D eigenvalue weighted by Gasteiger charge is -2.30. The Morgan fingerprint density at radius 1 is 1.09 bits per heavy atom. The average molecular weight is 519 g/mol. The highest BCUT2D eigenvalue weighted by Gasteiger charge is 2.29. The minimum atomic E-state index is -0.582. The maximum Gasteiger partial charge on any atom is 0.261 e. The van der Waals surface area contributed by atoms with E-state index in [1.165, 1.54) is 5.56 Å². The second-order valence-electron chi connectivity index (χ2n) is 8.22. The average Bonchev–Trinajstić information content (AvgIpc) is 2.81. The van der Waals surface area contributed by atoms with Gasteiger partial charge in [-0.2, -0.15) is 0 Å². The first-order valence-electron chi connectivity index (χ1n) is 11.4. The largest absolute Gasteiger partial charge is 0.497 e. The van der Waals surface area contributed by atoms with Crippen LogP contribution in [0.4, 0.5) is 0 Å². The molecule has 2 aromatic carbocycles. The number of carbonyl (C=O) groups excluding carboxylic acids is 2. The third-order valence-corrected chi connectivity index (χ3v) is 6.04. The summed E-state index contributed by atoms with van der Waals surface area (Å²) < 4.78 is 11.9. The summed E-state index contributed by atoms with van der Waals surface area (Å²) in [6, 6.07) is 12.8. The third kappa shape index (κ3) is 7.77. The number of carbonyl (C=O) groups is 2. The molecule has 2 aromatic rings. The van der Waals surface area contributed by atoms with E-state index >= 15 is 0 Å². The Hall–Kier alpha value is -2.54. The molecule has 0 fully saturated rings. The van der Waals surface area contributed by atoms with Gasteiger partial charge in [0.15, 0.2) is 6.61 Å². The Morgan fingerprint density at radius 3 is 2.33 bits per heavy atom. The lowest BCUT2D eigenvalue weighted by Crippen LogP contribution is -2.50. The van der Waals surface area contributed by atoms with Crippen LogP contribution in [0.15, 0.2) is 46.9 Å². The van der Waals surface area contributed by atoms with Crippen molar-refractivity contribution in [2.75, 3.05) is 20.3 Å². The highest BCUT2D eigenvalue weighted by atomic mass is 79.9. The number of halogens is 1. The van der Waals surface area contributed by atoms with E-state index in [-0.39, 0.29) is 18.4 Å². The molecule has 1 N–H and O–H groups in total. The fourth-order valence-electron chi connectivity index (χ4n) is 3.43. The van der Waals surface area contributed by atoms with Crippen molar-refractivity contribution in [2.24, 2.45) is 0 Å². The first-order chi connectivity index (χ1) is 15.8. The van der Waals surface area contributed by atoms with E-state index in [1.807, 2.05) is 56.3 Å². The fourth-order valence-corrected chi connectivity index (χ4v) is 3.94. The van der Waals surface area contributed by atoms with Gasteiger partial charge in [-0.1, -0.05) is 45.9 Å². The number of nitrogens with zero attached hydrogens (tertiary/aromatic N) is 1. The molecule has 0 saturated carbocycles. The van der Waals surface area contributed by atoms with Crippen LogP contribution >= 0.6 is 15.9 Å². The van der Waals surface area contributed by atoms with Crippen LogP contribution < -0.4 is 14.8 Å². The monoisotopic (exact) mass is 518 g/mol. The number of methoxy groups -OCH3 is 1. The number of benzene rings is 2. The molecule has 2 rings (SSSR count). The van der Waals surface area contributed by atoms with Gasteiger partial charge in [0, 0.05) is 13.1 Å². The van der Waals surface area contributed by atoms with Gasteiger partial charge in [0.2, 0.25) is 5.91 Å². The van der Waals surface area contributed by atoms with E-state index in [2.05, 4.69) is 35.1 Å². The van der Waals surface area contributed by atoms with Crippen molar-refractivity contribution in [3.05, 3.63) is 58.1 Å². The second-order valence-corrected chi connectivity index (χ2v) is 9.07. The van der Waals surface area contributed by atoms with E-state index in [4.69, 9.17) is 9.47 Å². The van der Waals surface area contributed by atoms with Crippen molar-refractivity contribution < 1.29 is 19.1 Å². The molecule has 0 aliphatic heterocycles. The van der Waals surface area contributed by atoms with Gasteiger partial charge in [-0.3, -0.25) is 9.59 Å². The van der Waals surface area contributed by atoms with E-state index in [9.17, 15) is 9.59 Å². The fraction of sp³-hybridized carbons (Fsp3) is 0.462. The summed E-state index contributed by atoms with van der Waals surface area (Å²) in [5.41, 5.74) is 2.09.